The standard InChI is InChI=1S/C11H22NO/c1-4-10-5-7-12(8-6-10)9-11(2,3)13/h10,13H,1,4-9H2,2-3H3. The van der Waals surface area contributed by atoms with Gasteiger partial charge in [0, 0.05) is 6.54 Å². The molecule has 2 heteroatoms. The van der Waals surface area contributed by atoms with Gasteiger partial charge < -0.3 is 10.0 Å². The van der Waals surface area contributed by atoms with Crippen molar-refractivity contribution in [3.8, 4) is 0 Å². The lowest BCUT2D eigenvalue weighted by molar-refractivity contribution is 0.0246. The third kappa shape index (κ3) is 4.10. The largest absolute Gasteiger partial charge is 0.389 e. The summed E-state index contributed by atoms with van der Waals surface area (Å²) in [6.45, 7) is 10.8. The third-order valence-corrected chi connectivity index (χ3v) is 2.73. The third-order valence-electron chi connectivity index (χ3n) is 2.73. The first kappa shape index (κ1) is 11.0. The highest BCUT2D eigenvalue weighted by Crippen LogP contribution is 2.20. The number of likely N-dealkylation sites (tertiary alicyclic amines) is 1. The summed E-state index contributed by atoms with van der Waals surface area (Å²) in [7, 11) is 0. The first-order chi connectivity index (χ1) is 6.01. The van der Waals surface area contributed by atoms with Crippen molar-refractivity contribution in [2.24, 2.45) is 5.92 Å². The van der Waals surface area contributed by atoms with Crippen LogP contribution in [0.5, 0.6) is 0 Å². The van der Waals surface area contributed by atoms with Crippen LogP contribution in [-0.4, -0.2) is 35.2 Å². The lowest BCUT2D eigenvalue weighted by Crippen LogP contribution is -2.42. The van der Waals surface area contributed by atoms with Crippen LogP contribution in [0.2, 0.25) is 0 Å². The van der Waals surface area contributed by atoms with Gasteiger partial charge in [-0.1, -0.05) is 13.3 Å². The van der Waals surface area contributed by atoms with Gasteiger partial charge in [-0.3, -0.25) is 0 Å². The molecule has 1 saturated heterocycles. The van der Waals surface area contributed by atoms with Gasteiger partial charge in [-0.2, -0.15) is 0 Å². The van der Waals surface area contributed by atoms with Crippen LogP contribution in [-0.2, 0) is 0 Å². The minimum absolute atomic E-state index is 0.544. The SMILES string of the molecule is [CH2]CC1CCN(CC(C)(C)O)CC1. The van der Waals surface area contributed by atoms with Gasteiger partial charge in [-0.05, 0) is 45.7 Å². The molecule has 2 nitrogen and oxygen atoms in total. The minimum atomic E-state index is -0.544. The maximum absolute atomic E-state index is 9.64. The molecule has 0 aliphatic carbocycles. The maximum Gasteiger partial charge on any atom is 0.0718 e. The van der Waals surface area contributed by atoms with Crippen molar-refractivity contribution >= 4 is 0 Å². The average Bonchev–Trinajstić information content (AvgIpc) is 2.03. The van der Waals surface area contributed by atoms with Gasteiger partial charge in [0.1, 0.15) is 0 Å². The lowest BCUT2D eigenvalue weighted by Gasteiger charge is -2.34. The number of piperidine rings is 1. The van der Waals surface area contributed by atoms with Crippen molar-refractivity contribution in [2.75, 3.05) is 19.6 Å². The fourth-order valence-electron chi connectivity index (χ4n) is 1.98. The van der Waals surface area contributed by atoms with E-state index < -0.39 is 5.60 Å². The number of hydrogen-bond donors (Lipinski definition) is 1. The zero-order valence-electron chi connectivity index (χ0n) is 8.92. The summed E-state index contributed by atoms with van der Waals surface area (Å²) in [6.07, 6.45) is 3.56. The number of rotatable bonds is 3. The van der Waals surface area contributed by atoms with Crippen LogP contribution in [0, 0.1) is 12.8 Å². The van der Waals surface area contributed by atoms with E-state index in [0.717, 1.165) is 32.0 Å². The van der Waals surface area contributed by atoms with Crippen LogP contribution in [0.1, 0.15) is 33.1 Å². The van der Waals surface area contributed by atoms with Gasteiger partial charge in [0.05, 0.1) is 5.60 Å². The molecule has 77 valence electrons. The molecule has 0 spiro atoms. The van der Waals surface area contributed by atoms with Crippen LogP contribution in [0.15, 0.2) is 0 Å². The minimum Gasteiger partial charge on any atom is -0.389 e. The van der Waals surface area contributed by atoms with Crippen molar-refractivity contribution in [2.45, 2.75) is 38.7 Å². The second-order valence-electron chi connectivity index (χ2n) is 4.82. The number of nitrogens with zero attached hydrogens (tertiary/aromatic N) is 1. The van der Waals surface area contributed by atoms with Crippen molar-refractivity contribution < 1.29 is 5.11 Å². The Morgan fingerprint density at radius 1 is 1.38 bits per heavy atom. The van der Waals surface area contributed by atoms with Crippen molar-refractivity contribution in [1.82, 2.24) is 4.90 Å². The van der Waals surface area contributed by atoms with E-state index in [1.807, 2.05) is 13.8 Å². The maximum atomic E-state index is 9.64. The molecular weight excluding hydrogens is 162 g/mol. The topological polar surface area (TPSA) is 23.5 Å². The molecule has 13 heavy (non-hydrogen) atoms. The molecule has 0 unspecified atom stereocenters. The molecule has 0 atom stereocenters. The van der Waals surface area contributed by atoms with Gasteiger partial charge in [-0.25, -0.2) is 0 Å². The monoisotopic (exact) mass is 184 g/mol. The van der Waals surface area contributed by atoms with E-state index in [0.29, 0.717) is 0 Å². The Balaban J connectivity index is 2.25. The van der Waals surface area contributed by atoms with E-state index >= 15 is 0 Å². The van der Waals surface area contributed by atoms with E-state index in [9.17, 15) is 5.11 Å². The molecule has 1 N–H and O–H groups in total. The quantitative estimate of drug-likeness (QED) is 0.721. The Labute approximate surface area is 81.9 Å². The summed E-state index contributed by atoms with van der Waals surface area (Å²) < 4.78 is 0. The van der Waals surface area contributed by atoms with E-state index in [1.165, 1.54) is 12.8 Å². The van der Waals surface area contributed by atoms with Gasteiger partial charge in [-0.15, -0.1) is 0 Å². The van der Waals surface area contributed by atoms with Crippen molar-refractivity contribution in [3.63, 3.8) is 0 Å². The molecule has 0 aromatic heterocycles. The average molecular weight is 184 g/mol. The van der Waals surface area contributed by atoms with E-state index in [4.69, 9.17) is 0 Å². The van der Waals surface area contributed by atoms with Gasteiger partial charge in [0.25, 0.3) is 0 Å². The summed E-state index contributed by atoms with van der Waals surface area (Å²) in [5, 5.41) is 9.64. The highest BCUT2D eigenvalue weighted by atomic mass is 16.3. The predicted molar refractivity (Wildman–Crippen MR) is 55.4 cm³/mol. The smallest absolute Gasteiger partial charge is 0.0718 e. The summed E-state index contributed by atoms with van der Waals surface area (Å²) in [5.41, 5.74) is -0.544. The number of aliphatic hydroxyl groups is 1. The van der Waals surface area contributed by atoms with Crippen molar-refractivity contribution in [3.05, 3.63) is 6.92 Å². The van der Waals surface area contributed by atoms with Crippen LogP contribution in [0.25, 0.3) is 0 Å². The fourth-order valence-corrected chi connectivity index (χ4v) is 1.98. The number of hydrogen-bond acceptors (Lipinski definition) is 2. The Hall–Kier alpha value is -0.0800. The second-order valence-corrected chi connectivity index (χ2v) is 4.82. The molecule has 1 heterocycles. The molecule has 0 amide bonds. The first-order valence-corrected chi connectivity index (χ1v) is 5.25. The van der Waals surface area contributed by atoms with E-state index in [2.05, 4.69) is 11.8 Å². The van der Waals surface area contributed by atoms with Crippen molar-refractivity contribution in [1.29, 1.82) is 0 Å². The van der Waals surface area contributed by atoms with Gasteiger partial charge in [0.15, 0.2) is 0 Å². The zero-order chi connectivity index (χ0) is 9.90. The predicted octanol–water partition coefficient (Wildman–Crippen LogP) is 1.69. The van der Waals surface area contributed by atoms with Crippen LogP contribution in [0.3, 0.4) is 0 Å². The summed E-state index contributed by atoms with van der Waals surface area (Å²) in [5.74, 6) is 0.818. The van der Waals surface area contributed by atoms with Crippen LogP contribution in [0.4, 0.5) is 0 Å². The molecule has 0 aromatic carbocycles. The molecule has 1 aliphatic heterocycles. The molecule has 0 bridgehead atoms. The van der Waals surface area contributed by atoms with Gasteiger partial charge >= 0.3 is 0 Å². The molecule has 0 aromatic rings. The summed E-state index contributed by atoms with van der Waals surface area (Å²) in [6, 6.07) is 0. The molecule has 1 fully saturated rings. The second kappa shape index (κ2) is 4.43. The highest BCUT2D eigenvalue weighted by Gasteiger charge is 2.22. The zero-order valence-corrected chi connectivity index (χ0v) is 8.92. The summed E-state index contributed by atoms with van der Waals surface area (Å²) >= 11 is 0. The number of β-amino-alcohol motifs (C(OH)–C–C–N with tert-alkyl or cyclic N) is 1. The Kier molecular flexibility index (Phi) is 3.74. The fraction of sp³-hybridized carbons (Fsp3) is 0.909. The Morgan fingerprint density at radius 3 is 2.31 bits per heavy atom. The molecule has 1 aliphatic rings. The molecule has 1 rings (SSSR count). The Bertz CT molecular complexity index is 143. The Morgan fingerprint density at radius 2 is 1.92 bits per heavy atom. The highest BCUT2D eigenvalue weighted by molar-refractivity contribution is 4.78. The van der Waals surface area contributed by atoms with Crippen LogP contribution < -0.4 is 0 Å². The first-order valence-electron chi connectivity index (χ1n) is 5.25. The van der Waals surface area contributed by atoms with E-state index in [-0.39, 0.29) is 0 Å². The van der Waals surface area contributed by atoms with Crippen LogP contribution >= 0.6 is 0 Å². The lowest BCUT2D eigenvalue weighted by atomic mass is 9.93. The summed E-state index contributed by atoms with van der Waals surface area (Å²) in [4.78, 5) is 2.35. The molecule has 1 radical (unpaired) electrons. The molecule has 0 saturated carbocycles. The molecular formula is C11H22NO. The van der Waals surface area contributed by atoms with E-state index in [1.54, 1.807) is 0 Å². The normalized spacial score (nSPS) is 22.2. The van der Waals surface area contributed by atoms with Gasteiger partial charge in [0.2, 0.25) is 0 Å².